The summed E-state index contributed by atoms with van der Waals surface area (Å²) in [4.78, 5) is 4.66. The Balaban J connectivity index is 2.22. The Morgan fingerprint density at radius 2 is 2.05 bits per heavy atom. The molecular weight excluding hydrogens is 254 g/mol. The van der Waals surface area contributed by atoms with Crippen LogP contribution in [-0.2, 0) is 0 Å². The molecule has 0 saturated carbocycles. The van der Waals surface area contributed by atoms with E-state index in [1.165, 1.54) is 16.7 Å². The molecule has 0 amide bonds. The van der Waals surface area contributed by atoms with Crippen LogP contribution >= 0.6 is 0 Å². The van der Waals surface area contributed by atoms with Crippen molar-refractivity contribution in [3.05, 3.63) is 59.7 Å². The molecule has 0 aromatic heterocycles. The van der Waals surface area contributed by atoms with E-state index in [9.17, 15) is 0 Å². The maximum absolute atomic E-state index is 4.66. The van der Waals surface area contributed by atoms with Crippen molar-refractivity contribution in [1.82, 2.24) is 0 Å². The van der Waals surface area contributed by atoms with Gasteiger partial charge in [-0.15, -0.1) is 0 Å². The first-order valence-electron chi connectivity index (χ1n) is 7.68. The predicted octanol–water partition coefficient (Wildman–Crippen LogP) is 6.11. The van der Waals surface area contributed by atoms with Gasteiger partial charge in [0.1, 0.15) is 0 Å². The SMILES string of the molecule is C/C=C(\C=Nc1cccc(C2=CC=CCC2)c1)C(C)(C)C. The molecule has 1 aliphatic rings. The van der Waals surface area contributed by atoms with Gasteiger partial charge in [-0.25, -0.2) is 0 Å². The summed E-state index contributed by atoms with van der Waals surface area (Å²) < 4.78 is 0. The zero-order valence-corrected chi connectivity index (χ0v) is 13.6. The number of aliphatic imine (C=N–C) groups is 1. The highest BCUT2D eigenvalue weighted by Crippen LogP contribution is 2.28. The van der Waals surface area contributed by atoms with Gasteiger partial charge in [0.25, 0.3) is 0 Å². The molecule has 0 radical (unpaired) electrons. The van der Waals surface area contributed by atoms with Crippen molar-refractivity contribution < 1.29 is 0 Å². The van der Waals surface area contributed by atoms with Crippen LogP contribution in [0, 0.1) is 5.41 Å². The smallest absolute Gasteiger partial charge is 0.0635 e. The van der Waals surface area contributed by atoms with Crippen LogP contribution in [0.25, 0.3) is 5.57 Å². The summed E-state index contributed by atoms with van der Waals surface area (Å²) in [7, 11) is 0. The molecule has 0 fully saturated rings. The highest BCUT2D eigenvalue weighted by molar-refractivity contribution is 5.83. The minimum absolute atomic E-state index is 0.132. The quantitative estimate of drug-likeness (QED) is 0.591. The van der Waals surface area contributed by atoms with Crippen molar-refractivity contribution in [2.75, 3.05) is 0 Å². The normalized spacial score (nSPS) is 16.4. The summed E-state index contributed by atoms with van der Waals surface area (Å²) in [6.45, 7) is 8.71. The molecule has 1 aromatic carbocycles. The first kappa shape index (κ1) is 15.5. The molecule has 21 heavy (non-hydrogen) atoms. The highest BCUT2D eigenvalue weighted by Gasteiger charge is 2.14. The highest BCUT2D eigenvalue weighted by atomic mass is 14.7. The molecule has 110 valence electrons. The van der Waals surface area contributed by atoms with Crippen LogP contribution in [-0.4, -0.2) is 6.21 Å². The fourth-order valence-electron chi connectivity index (χ4n) is 2.47. The maximum atomic E-state index is 4.66. The van der Waals surface area contributed by atoms with E-state index >= 15 is 0 Å². The lowest BCUT2D eigenvalue weighted by atomic mass is 9.87. The van der Waals surface area contributed by atoms with E-state index in [1.807, 2.05) is 6.21 Å². The van der Waals surface area contributed by atoms with E-state index in [2.05, 4.69) is 81.3 Å². The predicted molar refractivity (Wildman–Crippen MR) is 94.2 cm³/mol. The van der Waals surface area contributed by atoms with Crippen LogP contribution in [0.2, 0.25) is 0 Å². The van der Waals surface area contributed by atoms with E-state index in [-0.39, 0.29) is 5.41 Å². The van der Waals surface area contributed by atoms with Crippen molar-refractivity contribution in [1.29, 1.82) is 0 Å². The minimum atomic E-state index is 0.132. The minimum Gasteiger partial charge on any atom is -0.257 e. The molecule has 0 bridgehead atoms. The zero-order valence-electron chi connectivity index (χ0n) is 13.6. The lowest BCUT2D eigenvalue weighted by Gasteiger charge is -2.19. The Labute approximate surface area is 128 Å². The van der Waals surface area contributed by atoms with Crippen LogP contribution in [0.4, 0.5) is 5.69 Å². The molecular formula is C20H25N. The maximum Gasteiger partial charge on any atom is 0.0635 e. The summed E-state index contributed by atoms with van der Waals surface area (Å²) in [6.07, 6.45) is 13.0. The van der Waals surface area contributed by atoms with Crippen LogP contribution in [0.5, 0.6) is 0 Å². The fourth-order valence-corrected chi connectivity index (χ4v) is 2.47. The average Bonchev–Trinajstić information content (AvgIpc) is 2.48. The van der Waals surface area contributed by atoms with Crippen LogP contribution in [0.3, 0.4) is 0 Å². The largest absolute Gasteiger partial charge is 0.257 e. The van der Waals surface area contributed by atoms with Gasteiger partial charge in [-0.1, -0.05) is 57.2 Å². The lowest BCUT2D eigenvalue weighted by Crippen LogP contribution is -2.10. The standard InChI is InChI=1S/C20H25N/c1-5-18(20(2,3)4)15-21-19-13-9-12-17(14-19)16-10-7-6-8-11-16/h5-7,9-10,12-15H,8,11H2,1-4H3/b18-5+,21-15?. The fraction of sp³-hybridized carbons (Fsp3) is 0.350. The summed E-state index contributed by atoms with van der Waals surface area (Å²) in [5.41, 5.74) is 5.09. The second-order valence-electron chi connectivity index (χ2n) is 6.46. The van der Waals surface area contributed by atoms with Gasteiger partial charge < -0.3 is 0 Å². The average molecular weight is 279 g/mol. The van der Waals surface area contributed by atoms with Crippen molar-refractivity contribution in [2.24, 2.45) is 10.4 Å². The van der Waals surface area contributed by atoms with Crippen molar-refractivity contribution in [3.63, 3.8) is 0 Å². The number of benzene rings is 1. The second-order valence-corrected chi connectivity index (χ2v) is 6.46. The summed E-state index contributed by atoms with van der Waals surface area (Å²) in [5.74, 6) is 0. The van der Waals surface area contributed by atoms with Gasteiger partial charge in [-0.05, 0) is 54.0 Å². The number of hydrogen-bond donors (Lipinski definition) is 0. The molecule has 0 saturated heterocycles. The number of allylic oxidation sites excluding steroid dienone is 6. The van der Waals surface area contributed by atoms with Gasteiger partial charge >= 0.3 is 0 Å². The lowest BCUT2D eigenvalue weighted by molar-refractivity contribution is 0.526. The van der Waals surface area contributed by atoms with Gasteiger partial charge in [0.2, 0.25) is 0 Å². The summed E-state index contributed by atoms with van der Waals surface area (Å²) >= 11 is 0. The van der Waals surface area contributed by atoms with E-state index in [4.69, 9.17) is 0 Å². The molecule has 1 heteroatoms. The summed E-state index contributed by atoms with van der Waals surface area (Å²) in [5, 5.41) is 0. The third kappa shape index (κ3) is 4.29. The van der Waals surface area contributed by atoms with E-state index in [1.54, 1.807) is 0 Å². The molecule has 0 aliphatic heterocycles. The van der Waals surface area contributed by atoms with Crippen molar-refractivity contribution in [2.45, 2.75) is 40.5 Å². The van der Waals surface area contributed by atoms with E-state index in [0.717, 1.165) is 18.5 Å². The first-order valence-corrected chi connectivity index (χ1v) is 7.68. The second kappa shape index (κ2) is 6.71. The zero-order chi connectivity index (χ0) is 15.3. The molecule has 0 heterocycles. The molecule has 1 aliphatic carbocycles. The van der Waals surface area contributed by atoms with E-state index in [0.29, 0.717) is 0 Å². The van der Waals surface area contributed by atoms with Crippen LogP contribution in [0.15, 0.2) is 59.1 Å². The van der Waals surface area contributed by atoms with Gasteiger partial charge in [0.15, 0.2) is 0 Å². The molecule has 0 N–H and O–H groups in total. The van der Waals surface area contributed by atoms with Gasteiger partial charge in [0.05, 0.1) is 5.69 Å². The Kier molecular flexibility index (Phi) is 4.95. The molecule has 1 aromatic rings. The van der Waals surface area contributed by atoms with Crippen molar-refractivity contribution >= 4 is 17.5 Å². The first-order chi connectivity index (χ1) is 10.0. The van der Waals surface area contributed by atoms with Gasteiger partial charge in [-0.3, -0.25) is 4.99 Å². The van der Waals surface area contributed by atoms with Crippen LogP contribution < -0.4 is 0 Å². The molecule has 0 atom stereocenters. The Morgan fingerprint density at radius 1 is 1.24 bits per heavy atom. The molecule has 0 spiro atoms. The third-order valence-electron chi connectivity index (χ3n) is 3.76. The Bertz CT molecular complexity index is 607. The topological polar surface area (TPSA) is 12.4 Å². The molecule has 2 rings (SSSR count). The Hall–Kier alpha value is -1.89. The molecule has 0 unspecified atom stereocenters. The monoisotopic (exact) mass is 279 g/mol. The number of rotatable bonds is 3. The van der Waals surface area contributed by atoms with E-state index < -0.39 is 0 Å². The van der Waals surface area contributed by atoms with Gasteiger partial charge in [-0.2, -0.15) is 0 Å². The van der Waals surface area contributed by atoms with Crippen LogP contribution in [0.1, 0.15) is 46.1 Å². The number of hydrogen-bond acceptors (Lipinski definition) is 1. The van der Waals surface area contributed by atoms with Crippen molar-refractivity contribution in [3.8, 4) is 0 Å². The van der Waals surface area contributed by atoms with Gasteiger partial charge in [0, 0.05) is 6.21 Å². The molecule has 1 nitrogen and oxygen atoms in total. The number of nitrogens with zero attached hydrogens (tertiary/aromatic N) is 1. The Morgan fingerprint density at radius 3 is 2.67 bits per heavy atom. The third-order valence-corrected chi connectivity index (χ3v) is 3.76. The summed E-state index contributed by atoms with van der Waals surface area (Å²) in [6, 6.07) is 8.50.